The van der Waals surface area contributed by atoms with Crippen molar-refractivity contribution in [3.05, 3.63) is 51.0 Å². The highest BCUT2D eigenvalue weighted by Gasteiger charge is 2.20. The van der Waals surface area contributed by atoms with E-state index in [1.165, 1.54) is 12.1 Å². The third kappa shape index (κ3) is 3.90. The molecule has 0 radical (unpaired) electrons. The number of aryl methyl sites for hydroxylation is 2. The van der Waals surface area contributed by atoms with E-state index >= 15 is 0 Å². The molecule has 0 atom stereocenters. The van der Waals surface area contributed by atoms with Gasteiger partial charge in [0.25, 0.3) is 5.91 Å². The molecule has 1 aromatic carbocycles. The average molecular weight is 335 g/mol. The number of nitriles is 1. The van der Waals surface area contributed by atoms with Gasteiger partial charge in [0, 0.05) is 0 Å². The molecule has 6 nitrogen and oxygen atoms in total. The van der Waals surface area contributed by atoms with Crippen LogP contribution in [0.3, 0.4) is 0 Å². The van der Waals surface area contributed by atoms with E-state index in [9.17, 15) is 13.2 Å². The molecule has 0 aliphatic rings. The first kappa shape index (κ1) is 16.1. The maximum atomic E-state index is 12.0. The molecule has 0 aliphatic heterocycles. The van der Waals surface area contributed by atoms with Gasteiger partial charge in [-0.25, -0.2) is 18.1 Å². The summed E-state index contributed by atoms with van der Waals surface area (Å²) in [5.74, 6) is -1.00. The molecule has 0 spiro atoms. The highest BCUT2D eigenvalue weighted by atomic mass is 32.2. The Morgan fingerprint density at radius 3 is 2.45 bits per heavy atom. The van der Waals surface area contributed by atoms with Crippen molar-refractivity contribution in [3.63, 3.8) is 0 Å². The second kappa shape index (κ2) is 6.25. The van der Waals surface area contributed by atoms with Crippen LogP contribution in [0.5, 0.6) is 0 Å². The predicted octanol–water partition coefficient (Wildman–Crippen LogP) is 1.89. The van der Waals surface area contributed by atoms with Gasteiger partial charge in [-0.05, 0) is 31.5 Å². The first-order chi connectivity index (χ1) is 10.3. The summed E-state index contributed by atoms with van der Waals surface area (Å²) in [6.45, 7) is 3.41. The van der Waals surface area contributed by atoms with Crippen LogP contribution in [0.15, 0.2) is 24.3 Å². The number of thiazole rings is 1. The Balaban J connectivity index is 2.12. The van der Waals surface area contributed by atoms with Gasteiger partial charge in [0.2, 0.25) is 10.0 Å². The molecule has 0 bridgehead atoms. The SMILES string of the molecule is Cc1nc(C)c(C(=O)NS(=O)(=O)Cc2ccc(C#N)cc2)s1. The Bertz CT molecular complexity index is 846. The van der Waals surface area contributed by atoms with E-state index in [1.54, 1.807) is 26.0 Å². The van der Waals surface area contributed by atoms with Crippen molar-refractivity contribution in [2.24, 2.45) is 0 Å². The fourth-order valence-electron chi connectivity index (χ4n) is 1.86. The molecule has 0 fully saturated rings. The third-order valence-electron chi connectivity index (χ3n) is 2.80. The van der Waals surface area contributed by atoms with E-state index < -0.39 is 15.9 Å². The summed E-state index contributed by atoms with van der Waals surface area (Å²) in [6.07, 6.45) is 0. The smallest absolute Gasteiger partial charge is 0.267 e. The minimum atomic E-state index is -3.81. The van der Waals surface area contributed by atoms with Gasteiger partial charge in [0.1, 0.15) is 4.88 Å². The highest BCUT2D eigenvalue weighted by molar-refractivity contribution is 7.89. The minimum Gasteiger partial charge on any atom is -0.267 e. The summed E-state index contributed by atoms with van der Waals surface area (Å²) < 4.78 is 26.1. The number of amides is 1. The number of aromatic nitrogens is 1. The summed E-state index contributed by atoms with van der Waals surface area (Å²) in [5, 5.41) is 9.41. The van der Waals surface area contributed by atoms with Gasteiger partial charge in [-0.1, -0.05) is 12.1 Å². The van der Waals surface area contributed by atoms with Gasteiger partial charge < -0.3 is 0 Å². The largest absolute Gasteiger partial charge is 0.276 e. The van der Waals surface area contributed by atoms with Gasteiger partial charge in [0.05, 0.1) is 28.1 Å². The van der Waals surface area contributed by atoms with Crippen molar-refractivity contribution >= 4 is 27.3 Å². The van der Waals surface area contributed by atoms with E-state index in [0.29, 0.717) is 26.7 Å². The fourth-order valence-corrected chi connectivity index (χ4v) is 3.83. The fraction of sp³-hybridized carbons (Fsp3) is 0.214. The molecule has 1 amide bonds. The summed E-state index contributed by atoms with van der Waals surface area (Å²) in [6, 6.07) is 8.11. The van der Waals surface area contributed by atoms with Crippen molar-refractivity contribution < 1.29 is 13.2 Å². The number of nitrogens with one attached hydrogen (secondary N) is 1. The summed E-state index contributed by atoms with van der Waals surface area (Å²) >= 11 is 1.15. The van der Waals surface area contributed by atoms with Crippen molar-refractivity contribution in [1.82, 2.24) is 9.71 Å². The molecule has 0 saturated heterocycles. The van der Waals surface area contributed by atoms with Crippen molar-refractivity contribution in [1.29, 1.82) is 5.26 Å². The second-order valence-electron chi connectivity index (χ2n) is 4.65. The van der Waals surface area contributed by atoms with Crippen molar-refractivity contribution in [3.8, 4) is 6.07 Å². The van der Waals surface area contributed by atoms with Crippen molar-refractivity contribution in [2.45, 2.75) is 19.6 Å². The molecular formula is C14H13N3O3S2. The van der Waals surface area contributed by atoms with Gasteiger partial charge in [0.15, 0.2) is 0 Å². The Morgan fingerprint density at radius 2 is 1.95 bits per heavy atom. The molecule has 0 aliphatic carbocycles. The summed E-state index contributed by atoms with van der Waals surface area (Å²) in [7, 11) is -3.81. The monoisotopic (exact) mass is 335 g/mol. The van der Waals surface area contributed by atoms with Gasteiger partial charge in [-0.3, -0.25) is 4.79 Å². The number of sulfonamides is 1. The molecule has 22 heavy (non-hydrogen) atoms. The molecule has 2 rings (SSSR count). The van der Waals surface area contributed by atoms with Gasteiger partial charge >= 0.3 is 0 Å². The van der Waals surface area contributed by atoms with Crippen LogP contribution < -0.4 is 4.72 Å². The molecule has 8 heteroatoms. The molecule has 1 N–H and O–H groups in total. The van der Waals surface area contributed by atoms with Crippen LogP contribution in [0.2, 0.25) is 0 Å². The first-order valence-corrected chi connectivity index (χ1v) is 8.75. The lowest BCUT2D eigenvalue weighted by molar-refractivity contribution is 0.0984. The van der Waals surface area contributed by atoms with E-state index in [1.807, 2.05) is 10.8 Å². The van der Waals surface area contributed by atoms with Crippen LogP contribution in [0.4, 0.5) is 0 Å². The maximum Gasteiger partial charge on any atom is 0.276 e. The normalized spacial score (nSPS) is 11.0. The molecule has 1 aromatic heterocycles. The zero-order valence-corrected chi connectivity index (χ0v) is 13.6. The average Bonchev–Trinajstić information content (AvgIpc) is 2.77. The lowest BCUT2D eigenvalue weighted by Gasteiger charge is -2.06. The van der Waals surface area contributed by atoms with E-state index in [4.69, 9.17) is 5.26 Å². The number of benzene rings is 1. The molecule has 1 heterocycles. The van der Waals surface area contributed by atoms with E-state index in [-0.39, 0.29) is 5.75 Å². The van der Waals surface area contributed by atoms with Crippen molar-refractivity contribution in [2.75, 3.05) is 0 Å². The van der Waals surface area contributed by atoms with Gasteiger partial charge in [-0.2, -0.15) is 5.26 Å². The standard InChI is InChI=1S/C14H13N3O3S2/c1-9-13(21-10(2)16-9)14(18)17-22(19,20)8-12-5-3-11(7-15)4-6-12/h3-6H,8H2,1-2H3,(H,17,18). The Labute approximate surface area is 132 Å². The lowest BCUT2D eigenvalue weighted by atomic mass is 10.2. The topological polar surface area (TPSA) is 99.9 Å². The molecule has 0 unspecified atom stereocenters. The van der Waals surface area contributed by atoms with Crippen LogP contribution in [0, 0.1) is 25.2 Å². The Kier molecular flexibility index (Phi) is 4.59. The number of carbonyl (C=O) groups excluding carboxylic acids is 1. The minimum absolute atomic E-state index is 0.293. The van der Waals surface area contributed by atoms with Crippen LogP contribution in [0.25, 0.3) is 0 Å². The Hall–Kier alpha value is -2.24. The zero-order chi connectivity index (χ0) is 16.3. The third-order valence-corrected chi connectivity index (χ3v) is 5.08. The van der Waals surface area contributed by atoms with E-state index in [2.05, 4.69) is 4.98 Å². The second-order valence-corrected chi connectivity index (χ2v) is 7.57. The van der Waals surface area contributed by atoms with Crippen LogP contribution in [-0.4, -0.2) is 19.3 Å². The van der Waals surface area contributed by atoms with Crippen LogP contribution in [0.1, 0.15) is 31.5 Å². The molecule has 0 saturated carbocycles. The Morgan fingerprint density at radius 1 is 1.32 bits per heavy atom. The molecule has 114 valence electrons. The number of rotatable bonds is 4. The van der Waals surface area contributed by atoms with Crippen LogP contribution in [-0.2, 0) is 15.8 Å². The molecular weight excluding hydrogens is 322 g/mol. The molecule has 2 aromatic rings. The zero-order valence-electron chi connectivity index (χ0n) is 12.0. The quantitative estimate of drug-likeness (QED) is 0.919. The number of nitrogens with zero attached hydrogens (tertiary/aromatic N) is 2. The maximum absolute atomic E-state index is 12.0. The lowest BCUT2D eigenvalue weighted by Crippen LogP contribution is -2.31. The van der Waals surface area contributed by atoms with E-state index in [0.717, 1.165) is 11.3 Å². The summed E-state index contributed by atoms with van der Waals surface area (Å²) in [4.78, 5) is 16.4. The van der Waals surface area contributed by atoms with Crippen LogP contribution >= 0.6 is 11.3 Å². The highest BCUT2D eigenvalue weighted by Crippen LogP contribution is 2.17. The van der Waals surface area contributed by atoms with Gasteiger partial charge in [-0.15, -0.1) is 11.3 Å². The number of hydrogen-bond acceptors (Lipinski definition) is 6. The first-order valence-electron chi connectivity index (χ1n) is 6.28. The number of carbonyl (C=O) groups is 1. The predicted molar refractivity (Wildman–Crippen MR) is 82.8 cm³/mol. The number of hydrogen-bond donors (Lipinski definition) is 1. The summed E-state index contributed by atoms with van der Waals surface area (Å²) in [5.41, 5.74) is 1.45.